The molecule has 3 aromatic carbocycles. The third-order valence-electron chi connectivity index (χ3n) is 5.96. The summed E-state index contributed by atoms with van der Waals surface area (Å²) in [5.74, 6) is -0.952. The molecule has 4 rings (SSSR count). The maximum absolute atomic E-state index is 16.1. The number of ether oxygens (including phenoxy) is 2. The molecule has 0 spiro atoms. The summed E-state index contributed by atoms with van der Waals surface area (Å²) < 4.78 is 56.8. The highest BCUT2D eigenvalue weighted by Gasteiger charge is 2.32. The first-order valence-electron chi connectivity index (χ1n) is 12.7. The first kappa shape index (κ1) is 27.4. The van der Waals surface area contributed by atoms with Crippen LogP contribution < -0.4 is 14.8 Å². The van der Waals surface area contributed by atoms with E-state index in [4.69, 9.17) is 9.47 Å². The van der Waals surface area contributed by atoms with Gasteiger partial charge in [-0.25, -0.2) is 8.78 Å². The first-order chi connectivity index (χ1) is 18.4. The Morgan fingerprint density at radius 2 is 1.21 bits per heavy atom. The summed E-state index contributed by atoms with van der Waals surface area (Å²) in [6.45, 7) is 3.92. The van der Waals surface area contributed by atoms with Gasteiger partial charge >= 0.3 is 12.0 Å². The van der Waals surface area contributed by atoms with E-state index < -0.39 is 18.8 Å². The Kier molecular flexibility index (Phi) is 9.19. The van der Waals surface area contributed by atoms with Gasteiger partial charge in [-0.05, 0) is 49.2 Å². The number of unbranched alkanes of at least 4 members (excludes halogenated alkanes) is 2. The summed E-state index contributed by atoms with van der Waals surface area (Å²) in [6.07, 6.45) is 3.24. The van der Waals surface area contributed by atoms with Crippen molar-refractivity contribution in [2.45, 2.75) is 39.5 Å². The average molecular weight is 538 g/mol. The zero-order valence-electron chi connectivity index (χ0n) is 21.4. The first-order valence-corrected chi connectivity index (χ1v) is 14.8. The summed E-state index contributed by atoms with van der Waals surface area (Å²) in [4.78, 5) is 12.8. The molecule has 0 aliphatic rings. The van der Waals surface area contributed by atoms with E-state index in [1.807, 2.05) is 26.0 Å². The monoisotopic (exact) mass is 537 g/mol. The minimum atomic E-state index is -3.34. The van der Waals surface area contributed by atoms with E-state index in [0.717, 1.165) is 18.9 Å². The highest BCUT2D eigenvalue weighted by Crippen LogP contribution is 2.48. The summed E-state index contributed by atoms with van der Waals surface area (Å²) in [5, 5.41) is -0.367. The fourth-order valence-corrected chi connectivity index (χ4v) is 7.25. The third-order valence-corrected chi connectivity index (χ3v) is 9.26. The Morgan fingerprint density at radius 3 is 1.68 bits per heavy atom. The van der Waals surface area contributed by atoms with Crippen LogP contribution in [0, 0.1) is 11.6 Å². The van der Waals surface area contributed by atoms with Crippen LogP contribution >= 0.6 is 7.14 Å². The lowest BCUT2D eigenvalue weighted by molar-refractivity contribution is 0.398. The van der Waals surface area contributed by atoms with Gasteiger partial charge in [-0.15, -0.1) is 4.98 Å². The van der Waals surface area contributed by atoms with E-state index in [1.165, 1.54) is 6.07 Å². The molecular weight excluding hydrogens is 507 g/mol. The fraction of sp³-hybridized carbons (Fsp3) is 0.276. The Hall–Kier alpha value is -3.64. The molecule has 6 nitrogen and oxygen atoms in total. The molecule has 0 N–H and O–H groups in total. The smallest absolute Gasteiger partial charge is 0.328 e. The lowest BCUT2D eigenvalue weighted by atomic mass is 10.2. The average Bonchev–Trinajstić information content (AvgIpc) is 2.92. The van der Waals surface area contributed by atoms with Crippen molar-refractivity contribution in [2.24, 2.45) is 0 Å². The fourth-order valence-electron chi connectivity index (χ4n) is 3.99. The molecule has 4 aromatic rings. The molecule has 0 bridgehead atoms. The lowest BCUT2D eigenvalue weighted by Crippen LogP contribution is -2.20. The van der Waals surface area contributed by atoms with Gasteiger partial charge in [-0.3, -0.25) is 0 Å². The van der Waals surface area contributed by atoms with Crippen LogP contribution in [-0.4, -0.2) is 27.3 Å². The minimum absolute atomic E-state index is 0.104. The van der Waals surface area contributed by atoms with Gasteiger partial charge in [0.05, 0.1) is 10.9 Å². The third kappa shape index (κ3) is 6.62. The second-order valence-corrected chi connectivity index (χ2v) is 12.0. The van der Waals surface area contributed by atoms with Gasteiger partial charge < -0.3 is 14.0 Å². The van der Waals surface area contributed by atoms with Crippen LogP contribution in [0.5, 0.6) is 23.5 Å². The van der Waals surface area contributed by atoms with Gasteiger partial charge in [-0.2, -0.15) is 9.97 Å². The molecule has 0 radical (unpaired) electrons. The van der Waals surface area contributed by atoms with Gasteiger partial charge in [0.15, 0.2) is 5.82 Å². The van der Waals surface area contributed by atoms with Crippen molar-refractivity contribution < 1.29 is 22.8 Å². The van der Waals surface area contributed by atoms with Crippen LogP contribution in [0.1, 0.15) is 39.5 Å². The van der Waals surface area contributed by atoms with E-state index in [9.17, 15) is 4.57 Å². The number of rotatable bonds is 12. The van der Waals surface area contributed by atoms with Crippen molar-refractivity contribution in [2.75, 3.05) is 12.3 Å². The second kappa shape index (κ2) is 12.7. The molecule has 1 heterocycles. The molecule has 38 heavy (non-hydrogen) atoms. The molecule has 198 valence electrons. The Balaban J connectivity index is 1.82. The molecule has 0 saturated carbocycles. The topological polar surface area (TPSA) is 74.2 Å². The number of benzene rings is 3. The number of hydrogen-bond acceptors (Lipinski definition) is 6. The lowest BCUT2D eigenvalue weighted by Gasteiger charge is -2.21. The largest absolute Gasteiger partial charge is 0.424 e. The molecule has 0 aliphatic carbocycles. The Morgan fingerprint density at radius 1 is 0.711 bits per heavy atom. The van der Waals surface area contributed by atoms with E-state index in [0.29, 0.717) is 24.3 Å². The molecule has 9 heteroatoms. The molecular formula is C29H30F2N3O3P. The summed E-state index contributed by atoms with van der Waals surface area (Å²) in [7, 11) is -3.34. The Labute approximate surface area is 221 Å². The molecule has 0 saturated heterocycles. The van der Waals surface area contributed by atoms with Gasteiger partial charge in [0, 0.05) is 12.3 Å². The summed E-state index contributed by atoms with van der Waals surface area (Å²) in [6, 6.07) is 19.8. The van der Waals surface area contributed by atoms with Crippen LogP contribution in [0.15, 0.2) is 72.8 Å². The molecule has 0 fully saturated rings. The van der Waals surface area contributed by atoms with Crippen molar-refractivity contribution in [3.63, 3.8) is 0 Å². The van der Waals surface area contributed by atoms with Crippen molar-refractivity contribution in [1.29, 1.82) is 0 Å². The van der Waals surface area contributed by atoms with Crippen LogP contribution in [-0.2, 0) is 4.57 Å². The molecule has 0 aliphatic heterocycles. The van der Waals surface area contributed by atoms with Crippen molar-refractivity contribution in [3.05, 3.63) is 84.4 Å². The van der Waals surface area contributed by atoms with Crippen LogP contribution in [0.25, 0.3) is 11.4 Å². The predicted octanol–water partition coefficient (Wildman–Crippen LogP) is 7.99. The predicted molar refractivity (Wildman–Crippen MR) is 145 cm³/mol. The van der Waals surface area contributed by atoms with Gasteiger partial charge in [0.1, 0.15) is 30.3 Å². The van der Waals surface area contributed by atoms with E-state index >= 15 is 8.78 Å². The van der Waals surface area contributed by atoms with Crippen molar-refractivity contribution >= 4 is 12.4 Å². The van der Waals surface area contributed by atoms with E-state index in [-0.39, 0.29) is 41.0 Å². The van der Waals surface area contributed by atoms with Crippen LogP contribution in [0.2, 0.25) is 0 Å². The number of para-hydroxylation sites is 2. The molecule has 0 amide bonds. The highest BCUT2D eigenvalue weighted by molar-refractivity contribution is 7.71. The van der Waals surface area contributed by atoms with Crippen molar-refractivity contribution in [1.82, 2.24) is 15.0 Å². The minimum Gasteiger partial charge on any atom is -0.424 e. The quantitative estimate of drug-likeness (QED) is 0.171. The van der Waals surface area contributed by atoms with Gasteiger partial charge in [0.2, 0.25) is 0 Å². The maximum Gasteiger partial charge on any atom is 0.328 e. The zero-order chi connectivity index (χ0) is 27.0. The number of halogens is 2. The normalized spacial score (nSPS) is 11.4. The summed E-state index contributed by atoms with van der Waals surface area (Å²) in [5.41, 5.74) is -0.104. The molecule has 0 atom stereocenters. The molecule has 0 unspecified atom stereocenters. The summed E-state index contributed by atoms with van der Waals surface area (Å²) >= 11 is 0. The van der Waals surface area contributed by atoms with Crippen molar-refractivity contribution in [3.8, 4) is 34.9 Å². The second-order valence-electron chi connectivity index (χ2n) is 8.86. The Bertz CT molecular complexity index is 1330. The molecule has 1 aromatic heterocycles. The van der Waals surface area contributed by atoms with E-state index in [1.54, 1.807) is 48.5 Å². The highest BCUT2D eigenvalue weighted by atomic mass is 31.2. The van der Waals surface area contributed by atoms with Gasteiger partial charge in [0.25, 0.3) is 0 Å². The van der Waals surface area contributed by atoms with Gasteiger partial charge in [-0.1, -0.05) is 63.1 Å². The van der Waals surface area contributed by atoms with E-state index in [2.05, 4.69) is 15.0 Å². The zero-order valence-corrected chi connectivity index (χ0v) is 22.3. The number of aromatic nitrogens is 3. The number of hydrogen-bond donors (Lipinski definition) is 0. The SMILES string of the molecule is CCCCP(=O)(CCCC)c1c(F)ccc(-c2nc(Oc3ccccc3)nc(Oc3ccccc3)n2)c1F. The standard InChI is InChI=1S/C29H30F2N3O3P/c1-3-5-19-38(35,20-6-4-2)26-24(30)18-17-23(25(26)31)27-32-28(36-21-13-9-7-10-14-21)34-29(33-27)37-22-15-11-8-12-16-22/h7-18H,3-6,19-20H2,1-2H3. The number of nitrogens with zero attached hydrogens (tertiary/aromatic N) is 3. The van der Waals surface area contributed by atoms with Crippen LogP contribution in [0.3, 0.4) is 0 Å². The van der Waals surface area contributed by atoms with Crippen LogP contribution in [0.4, 0.5) is 8.78 Å². The maximum atomic E-state index is 16.1.